The molecule has 7 heteroatoms. The monoisotopic (exact) mass is 311 g/mol. The molecule has 0 saturated carbocycles. The van der Waals surface area contributed by atoms with Crippen LogP contribution in [0.5, 0.6) is 0 Å². The van der Waals surface area contributed by atoms with Crippen LogP contribution in [0.15, 0.2) is 43.0 Å². The molecule has 0 radical (unpaired) electrons. The summed E-state index contributed by atoms with van der Waals surface area (Å²) >= 11 is 0. The number of hydrogen-bond acceptors (Lipinski definition) is 5. The van der Waals surface area contributed by atoms with Gasteiger partial charge in [0.15, 0.2) is 0 Å². The second-order valence-electron chi connectivity index (χ2n) is 5.24. The molecule has 23 heavy (non-hydrogen) atoms. The lowest BCUT2D eigenvalue weighted by Gasteiger charge is -2.21. The summed E-state index contributed by atoms with van der Waals surface area (Å²) < 4.78 is 0. The molecular formula is C16H17N5O2. The molecule has 1 fully saturated rings. The lowest BCUT2D eigenvalue weighted by molar-refractivity contribution is 0.0712. The Labute approximate surface area is 134 Å². The minimum Gasteiger partial charge on any atom is -0.335 e. The van der Waals surface area contributed by atoms with Crippen LogP contribution in [-0.2, 0) is 0 Å². The van der Waals surface area contributed by atoms with Crippen LogP contribution < -0.4 is 0 Å². The predicted octanol–water partition coefficient (Wildman–Crippen LogP) is 0.860. The molecule has 118 valence electrons. The molecule has 0 bridgehead atoms. The van der Waals surface area contributed by atoms with Gasteiger partial charge in [-0.25, -0.2) is 4.98 Å². The van der Waals surface area contributed by atoms with Crippen LogP contribution in [0.25, 0.3) is 0 Å². The van der Waals surface area contributed by atoms with Gasteiger partial charge in [0.1, 0.15) is 11.4 Å². The molecule has 1 aliphatic rings. The molecule has 2 aromatic rings. The Morgan fingerprint density at radius 2 is 1.52 bits per heavy atom. The molecule has 0 aromatic carbocycles. The number of pyridine rings is 1. The summed E-state index contributed by atoms with van der Waals surface area (Å²) in [6.45, 7) is 2.18. The van der Waals surface area contributed by atoms with E-state index in [1.54, 1.807) is 34.2 Å². The van der Waals surface area contributed by atoms with Crippen LogP contribution in [0.3, 0.4) is 0 Å². The molecule has 3 rings (SSSR count). The first kappa shape index (κ1) is 15.1. The quantitative estimate of drug-likeness (QED) is 0.822. The molecule has 1 saturated heterocycles. The van der Waals surface area contributed by atoms with Gasteiger partial charge in [-0.05, 0) is 18.6 Å². The fourth-order valence-electron chi connectivity index (χ4n) is 2.55. The van der Waals surface area contributed by atoms with Crippen molar-refractivity contribution in [2.75, 3.05) is 26.2 Å². The number of amides is 2. The minimum atomic E-state index is -0.148. The van der Waals surface area contributed by atoms with Gasteiger partial charge in [0.05, 0.1) is 6.20 Å². The first-order chi connectivity index (χ1) is 11.3. The molecule has 3 heterocycles. The Bertz CT molecular complexity index is 618. The van der Waals surface area contributed by atoms with Gasteiger partial charge in [0, 0.05) is 44.8 Å². The summed E-state index contributed by atoms with van der Waals surface area (Å²) in [6.07, 6.45) is 6.83. The Kier molecular flexibility index (Phi) is 4.56. The fraction of sp³-hybridized carbons (Fsp3) is 0.312. The van der Waals surface area contributed by atoms with Crippen LogP contribution in [0.2, 0.25) is 0 Å². The molecule has 2 aromatic heterocycles. The van der Waals surface area contributed by atoms with Crippen LogP contribution in [0.1, 0.15) is 27.4 Å². The number of carbonyl (C=O) groups is 2. The van der Waals surface area contributed by atoms with E-state index in [2.05, 4.69) is 15.0 Å². The van der Waals surface area contributed by atoms with Crippen LogP contribution in [0, 0.1) is 0 Å². The molecule has 2 amide bonds. The summed E-state index contributed by atoms with van der Waals surface area (Å²) in [5.41, 5.74) is 0.762. The molecule has 0 spiro atoms. The van der Waals surface area contributed by atoms with Crippen molar-refractivity contribution >= 4 is 11.8 Å². The fourth-order valence-corrected chi connectivity index (χ4v) is 2.55. The summed E-state index contributed by atoms with van der Waals surface area (Å²) in [5, 5.41) is 0. The first-order valence-electron chi connectivity index (χ1n) is 7.51. The molecule has 0 aliphatic carbocycles. The largest absolute Gasteiger partial charge is 0.335 e. The van der Waals surface area contributed by atoms with E-state index in [1.807, 2.05) is 0 Å². The van der Waals surface area contributed by atoms with Crippen molar-refractivity contribution in [1.82, 2.24) is 24.8 Å². The summed E-state index contributed by atoms with van der Waals surface area (Å²) in [5.74, 6) is -0.246. The highest BCUT2D eigenvalue weighted by molar-refractivity contribution is 5.93. The molecule has 0 N–H and O–H groups in total. The predicted molar refractivity (Wildman–Crippen MR) is 82.7 cm³/mol. The van der Waals surface area contributed by atoms with Crippen LogP contribution in [-0.4, -0.2) is 62.7 Å². The van der Waals surface area contributed by atoms with Gasteiger partial charge >= 0.3 is 0 Å². The van der Waals surface area contributed by atoms with E-state index in [-0.39, 0.29) is 11.8 Å². The van der Waals surface area contributed by atoms with Gasteiger partial charge in [-0.15, -0.1) is 0 Å². The summed E-state index contributed by atoms with van der Waals surface area (Å²) in [7, 11) is 0. The van der Waals surface area contributed by atoms with E-state index in [1.165, 1.54) is 18.6 Å². The average molecular weight is 311 g/mol. The zero-order valence-electron chi connectivity index (χ0n) is 12.6. The lowest BCUT2D eigenvalue weighted by atomic mass is 10.3. The van der Waals surface area contributed by atoms with Crippen molar-refractivity contribution in [3.63, 3.8) is 0 Å². The summed E-state index contributed by atoms with van der Waals surface area (Å²) in [4.78, 5) is 40.4. The third kappa shape index (κ3) is 3.50. The van der Waals surface area contributed by atoms with Crippen molar-refractivity contribution in [3.05, 3.63) is 54.4 Å². The van der Waals surface area contributed by atoms with Crippen molar-refractivity contribution in [2.24, 2.45) is 0 Å². The number of carbonyl (C=O) groups excluding carboxylic acids is 2. The van der Waals surface area contributed by atoms with Gasteiger partial charge in [-0.2, -0.15) is 0 Å². The molecular weight excluding hydrogens is 294 g/mol. The van der Waals surface area contributed by atoms with Crippen molar-refractivity contribution < 1.29 is 9.59 Å². The van der Waals surface area contributed by atoms with Crippen LogP contribution >= 0.6 is 0 Å². The standard InChI is InChI=1S/C16H17N5O2/c22-15(13-4-1-2-5-18-13)20-8-3-9-21(11-10-20)16(23)14-12-17-6-7-19-14/h1-2,4-7,12H,3,8-11H2. The van der Waals surface area contributed by atoms with Gasteiger partial charge in [0.2, 0.25) is 0 Å². The second kappa shape index (κ2) is 6.95. The Morgan fingerprint density at radius 3 is 2.13 bits per heavy atom. The van der Waals surface area contributed by atoms with E-state index in [9.17, 15) is 9.59 Å². The SMILES string of the molecule is O=C(c1ccccn1)N1CCCN(C(=O)c2cnccn2)CC1. The smallest absolute Gasteiger partial charge is 0.274 e. The van der Waals surface area contributed by atoms with E-state index in [4.69, 9.17) is 0 Å². The number of nitrogens with zero attached hydrogens (tertiary/aromatic N) is 5. The molecule has 7 nitrogen and oxygen atoms in total. The minimum absolute atomic E-state index is 0.0978. The van der Waals surface area contributed by atoms with Gasteiger partial charge < -0.3 is 9.80 Å². The van der Waals surface area contributed by atoms with E-state index in [0.29, 0.717) is 37.6 Å². The van der Waals surface area contributed by atoms with Crippen molar-refractivity contribution in [3.8, 4) is 0 Å². The topological polar surface area (TPSA) is 79.3 Å². The first-order valence-corrected chi connectivity index (χ1v) is 7.51. The Hall–Kier alpha value is -2.83. The van der Waals surface area contributed by atoms with Crippen LogP contribution in [0.4, 0.5) is 0 Å². The maximum Gasteiger partial charge on any atom is 0.274 e. The molecule has 0 unspecified atom stereocenters. The maximum absolute atomic E-state index is 12.4. The highest BCUT2D eigenvalue weighted by Crippen LogP contribution is 2.10. The zero-order valence-corrected chi connectivity index (χ0v) is 12.6. The number of hydrogen-bond donors (Lipinski definition) is 0. The summed E-state index contributed by atoms with van der Waals surface area (Å²) in [6, 6.07) is 5.28. The van der Waals surface area contributed by atoms with E-state index < -0.39 is 0 Å². The number of aromatic nitrogens is 3. The van der Waals surface area contributed by atoms with Gasteiger partial charge in [-0.3, -0.25) is 19.6 Å². The number of rotatable bonds is 2. The van der Waals surface area contributed by atoms with E-state index >= 15 is 0 Å². The average Bonchev–Trinajstić information content (AvgIpc) is 2.88. The normalized spacial score (nSPS) is 15.1. The van der Waals surface area contributed by atoms with Gasteiger partial charge in [-0.1, -0.05) is 6.07 Å². The zero-order chi connectivity index (χ0) is 16.1. The maximum atomic E-state index is 12.4. The highest BCUT2D eigenvalue weighted by Gasteiger charge is 2.24. The van der Waals surface area contributed by atoms with Gasteiger partial charge in [0.25, 0.3) is 11.8 Å². The third-order valence-electron chi connectivity index (χ3n) is 3.74. The highest BCUT2D eigenvalue weighted by atomic mass is 16.2. The third-order valence-corrected chi connectivity index (χ3v) is 3.74. The Morgan fingerprint density at radius 1 is 0.826 bits per heavy atom. The Balaban J connectivity index is 1.66. The second-order valence-corrected chi connectivity index (χ2v) is 5.24. The van der Waals surface area contributed by atoms with E-state index in [0.717, 1.165) is 6.42 Å². The molecule has 0 atom stereocenters. The lowest BCUT2D eigenvalue weighted by Crippen LogP contribution is -2.37. The van der Waals surface area contributed by atoms with Crippen molar-refractivity contribution in [1.29, 1.82) is 0 Å². The molecule has 1 aliphatic heterocycles. The van der Waals surface area contributed by atoms with Crippen molar-refractivity contribution in [2.45, 2.75) is 6.42 Å².